The minimum atomic E-state index is -3.41. The predicted octanol–water partition coefficient (Wildman–Crippen LogP) is 1.49. The van der Waals surface area contributed by atoms with Crippen LogP contribution in [-0.2, 0) is 21.4 Å². The molecule has 0 amide bonds. The molecule has 1 aliphatic rings. The highest BCUT2D eigenvalue weighted by Gasteiger charge is 2.23. The van der Waals surface area contributed by atoms with Crippen LogP contribution < -0.4 is 0 Å². The van der Waals surface area contributed by atoms with Crippen molar-refractivity contribution in [1.82, 2.24) is 9.21 Å². The molecule has 2 rings (SSSR count). The van der Waals surface area contributed by atoms with Crippen LogP contribution in [0.5, 0.6) is 0 Å². The van der Waals surface area contributed by atoms with Gasteiger partial charge in [0.1, 0.15) is 6.29 Å². The second kappa shape index (κ2) is 6.68. The van der Waals surface area contributed by atoms with Gasteiger partial charge in [-0.05, 0) is 37.1 Å². The van der Waals surface area contributed by atoms with E-state index in [-0.39, 0.29) is 6.04 Å². The first-order valence-corrected chi connectivity index (χ1v) is 8.60. The summed E-state index contributed by atoms with van der Waals surface area (Å²) < 4.78 is 25.5. The summed E-state index contributed by atoms with van der Waals surface area (Å²) in [7, 11) is -0.368. The number of sulfonamides is 1. The van der Waals surface area contributed by atoms with Crippen LogP contribution in [0.2, 0.25) is 0 Å². The van der Waals surface area contributed by atoms with Crippen LogP contribution in [0.3, 0.4) is 0 Å². The van der Waals surface area contributed by atoms with E-state index < -0.39 is 10.0 Å². The van der Waals surface area contributed by atoms with Crippen LogP contribution in [0.15, 0.2) is 29.2 Å². The van der Waals surface area contributed by atoms with Gasteiger partial charge in [-0.1, -0.05) is 18.6 Å². The van der Waals surface area contributed by atoms with Crippen LogP contribution in [0.1, 0.15) is 24.8 Å². The molecule has 0 bridgehead atoms. The van der Waals surface area contributed by atoms with Crippen molar-refractivity contribution in [3.05, 3.63) is 29.8 Å². The summed E-state index contributed by atoms with van der Waals surface area (Å²) in [5, 5.41) is 0. The molecule has 21 heavy (non-hydrogen) atoms. The maximum atomic E-state index is 12.2. The number of likely N-dealkylation sites (tertiary alicyclic amines) is 1. The van der Waals surface area contributed by atoms with Crippen LogP contribution in [0.4, 0.5) is 0 Å². The monoisotopic (exact) mass is 310 g/mol. The van der Waals surface area contributed by atoms with E-state index in [4.69, 9.17) is 0 Å². The number of carbonyl (C=O) groups is 1. The fraction of sp³-hybridized carbons (Fsp3) is 0.533. The molecule has 1 fully saturated rings. The van der Waals surface area contributed by atoms with Crippen molar-refractivity contribution in [2.45, 2.75) is 36.7 Å². The molecule has 116 valence electrons. The van der Waals surface area contributed by atoms with Crippen molar-refractivity contribution in [2.75, 3.05) is 20.6 Å². The summed E-state index contributed by atoms with van der Waals surface area (Å²) in [6, 6.07) is 6.92. The molecule has 5 nitrogen and oxygen atoms in total. The summed E-state index contributed by atoms with van der Waals surface area (Å²) in [6.07, 6.45) is 4.05. The van der Waals surface area contributed by atoms with Gasteiger partial charge in [0.05, 0.1) is 10.9 Å². The first-order chi connectivity index (χ1) is 9.95. The molecule has 1 atom stereocenters. The maximum absolute atomic E-state index is 12.2. The third-order valence-corrected chi connectivity index (χ3v) is 5.70. The molecule has 0 spiro atoms. The fourth-order valence-electron chi connectivity index (χ4n) is 2.62. The Labute approximate surface area is 126 Å². The largest absolute Gasteiger partial charge is 0.302 e. The third-order valence-electron chi connectivity index (χ3n) is 3.88. The molecule has 1 saturated heterocycles. The molecule has 1 unspecified atom stereocenters. The molecule has 0 aliphatic carbocycles. The van der Waals surface area contributed by atoms with E-state index in [9.17, 15) is 13.2 Å². The van der Waals surface area contributed by atoms with Crippen molar-refractivity contribution in [3.8, 4) is 0 Å². The second-order valence-corrected chi connectivity index (χ2v) is 7.76. The fourth-order valence-corrected chi connectivity index (χ4v) is 3.59. The lowest BCUT2D eigenvalue weighted by atomic mass is 10.0. The number of rotatable bonds is 5. The van der Waals surface area contributed by atoms with Gasteiger partial charge < -0.3 is 4.79 Å². The molecule has 6 heteroatoms. The van der Waals surface area contributed by atoms with Crippen LogP contribution in [0.25, 0.3) is 0 Å². The summed E-state index contributed by atoms with van der Waals surface area (Å²) in [5.41, 5.74) is 0.923. The Hall–Kier alpha value is -1.24. The minimum Gasteiger partial charge on any atom is -0.302 e. The van der Waals surface area contributed by atoms with Gasteiger partial charge in [-0.25, -0.2) is 12.7 Å². The average molecular weight is 310 g/mol. The number of hydrogen-bond acceptors (Lipinski definition) is 4. The van der Waals surface area contributed by atoms with E-state index in [1.165, 1.54) is 18.4 Å². The molecule has 1 heterocycles. The number of hydrogen-bond donors (Lipinski definition) is 0. The highest BCUT2D eigenvalue weighted by atomic mass is 32.2. The zero-order valence-electron chi connectivity index (χ0n) is 12.5. The van der Waals surface area contributed by atoms with Gasteiger partial charge >= 0.3 is 0 Å². The highest BCUT2D eigenvalue weighted by Crippen LogP contribution is 2.20. The quantitative estimate of drug-likeness (QED) is 0.773. The van der Waals surface area contributed by atoms with Gasteiger partial charge in [0.2, 0.25) is 10.0 Å². The lowest BCUT2D eigenvalue weighted by Gasteiger charge is -2.32. The molecule has 0 aromatic heterocycles. The smallest absolute Gasteiger partial charge is 0.242 e. The molecular weight excluding hydrogens is 288 g/mol. The van der Waals surface area contributed by atoms with E-state index in [0.717, 1.165) is 37.7 Å². The molecule has 1 aromatic carbocycles. The Bertz CT molecular complexity index is 599. The summed E-state index contributed by atoms with van der Waals surface area (Å²) in [4.78, 5) is 13.6. The van der Waals surface area contributed by atoms with Crippen molar-refractivity contribution in [2.24, 2.45) is 0 Å². The van der Waals surface area contributed by atoms with Gasteiger partial charge in [-0.3, -0.25) is 4.90 Å². The van der Waals surface area contributed by atoms with E-state index in [1.54, 1.807) is 18.2 Å². The van der Waals surface area contributed by atoms with Gasteiger partial charge in [0.25, 0.3) is 0 Å². The predicted molar refractivity (Wildman–Crippen MR) is 81.4 cm³/mol. The number of carbonyl (C=O) groups excluding carboxylic acids is 1. The lowest BCUT2D eigenvalue weighted by Crippen LogP contribution is -2.39. The summed E-state index contributed by atoms with van der Waals surface area (Å²) in [5.74, 6) is 0. The van der Waals surface area contributed by atoms with E-state index >= 15 is 0 Å². The summed E-state index contributed by atoms with van der Waals surface area (Å²) in [6.45, 7) is 1.49. The maximum Gasteiger partial charge on any atom is 0.242 e. The molecule has 1 aromatic rings. The zero-order chi connectivity index (χ0) is 15.5. The van der Waals surface area contributed by atoms with E-state index in [0.29, 0.717) is 11.4 Å². The van der Waals surface area contributed by atoms with Crippen LogP contribution >= 0.6 is 0 Å². The normalized spacial score (nSPS) is 20.6. The third kappa shape index (κ3) is 3.70. The van der Waals surface area contributed by atoms with E-state index in [2.05, 4.69) is 4.90 Å². The van der Waals surface area contributed by atoms with Crippen LogP contribution in [0, 0.1) is 0 Å². The molecular formula is C15H22N2O3S. The van der Waals surface area contributed by atoms with Gasteiger partial charge in [0, 0.05) is 20.6 Å². The SMILES string of the molecule is CN(C)S(=O)(=O)c1cccc(CN2CCCCC2C=O)c1. The average Bonchev–Trinajstić information content (AvgIpc) is 2.48. The van der Waals surface area contributed by atoms with Gasteiger partial charge in [-0.15, -0.1) is 0 Å². The van der Waals surface area contributed by atoms with Crippen molar-refractivity contribution in [3.63, 3.8) is 0 Å². The Morgan fingerprint density at radius 3 is 2.76 bits per heavy atom. The van der Waals surface area contributed by atoms with Crippen molar-refractivity contribution in [1.29, 1.82) is 0 Å². The Kier molecular flexibility index (Phi) is 5.13. The first kappa shape index (κ1) is 16.1. The minimum absolute atomic E-state index is 0.0483. The first-order valence-electron chi connectivity index (χ1n) is 7.16. The van der Waals surface area contributed by atoms with Gasteiger partial charge in [-0.2, -0.15) is 0 Å². The van der Waals surface area contributed by atoms with Gasteiger partial charge in [0.15, 0.2) is 0 Å². The van der Waals surface area contributed by atoms with Crippen LogP contribution in [-0.4, -0.2) is 50.6 Å². The van der Waals surface area contributed by atoms with Crippen molar-refractivity contribution >= 4 is 16.3 Å². The van der Waals surface area contributed by atoms with Crippen molar-refractivity contribution < 1.29 is 13.2 Å². The standard InChI is InChI=1S/C15H22N2O3S/c1-16(2)21(19,20)15-8-5-6-13(10-15)11-17-9-4-3-7-14(17)12-18/h5-6,8,10,12,14H,3-4,7,9,11H2,1-2H3. The molecule has 0 radical (unpaired) electrons. The number of aldehydes is 1. The second-order valence-electron chi connectivity index (χ2n) is 5.60. The number of piperidine rings is 1. The lowest BCUT2D eigenvalue weighted by molar-refractivity contribution is -0.113. The Morgan fingerprint density at radius 1 is 1.33 bits per heavy atom. The topological polar surface area (TPSA) is 57.7 Å². The zero-order valence-corrected chi connectivity index (χ0v) is 13.3. The molecule has 0 saturated carbocycles. The summed E-state index contributed by atoms with van der Waals surface area (Å²) >= 11 is 0. The molecule has 0 N–H and O–H groups in total. The Balaban J connectivity index is 2.20. The highest BCUT2D eigenvalue weighted by molar-refractivity contribution is 7.89. The molecule has 1 aliphatic heterocycles. The Morgan fingerprint density at radius 2 is 2.10 bits per heavy atom. The number of nitrogens with zero attached hydrogens (tertiary/aromatic N) is 2. The number of benzene rings is 1. The van der Waals surface area contributed by atoms with E-state index in [1.807, 2.05) is 6.07 Å².